The van der Waals surface area contributed by atoms with Crippen LogP contribution < -0.4 is 0 Å². The number of nitrogens with zero attached hydrogens (tertiary/aromatic N) is 3. The molecule has 6 rings (SSSR count). The molecule has 3 heterocycles. The smallest absolute Gasteiger partial charge is 0.227 e. The third-order valence-electron chi connectivity index (χ3n) is 5.52. The molecular weight excluding hydrogens is 286 g/mol. The van der Waals surface area contributed by atoms with Crippen molar-refractivity contribution in [2.24, 2.45) is 11.8 Å². The Morgan fingerprint density at radius 3 is 3.19 bits per heavy atom. The number of carbonyl (C=O) groups excluding carboxylic acids is 1. The second kappa shape index (κ2) is 3.94. The molecule has 2 aromatic rings. The number of hydrogen-bond donors (Lipinski definition) is 0. The van der Waals surface area contributed by atoms with E-state index in [1.165, 1.54) is 0 Å². The highest BCUT2D eigenvalue weighted by Crippen LogP contribution is 2.64. The molecule has 1 amide bonds. The van der Waals surface area contributed by atoms with Crippen molar-refractivity contribution >= 4 is 17.2 Å². The number of thiazole rings is 1. The number of fused-ring (bicyclic) bond motifs is 2. The van der Waals surface area contributed by atoms with Gasteiger partial charge in [-0.25, -0.2) is 4.98 Å². The summed E-state index contributed by atoms with van der Waals surface area (Å²) in [4.78, 5) is 19.5. The van der Waals surface area contributed by atoms with E-state index in [1.807, 2.05) is 16.5 Å². The molecule has 3 unspecified atom stereocenters. The molecule has 3 aliphatic carbocycles. The zero-order valence-corrected chi connectivity index (χ0v) is 12.3. The van der Waals surface area contributed by atoms with E-state index in [0.29, 0.717) is 19.0 Å². The maximum atomic E-state index is 13.0. The van der Waals surface area contributed by atoms with Crippen LogP contribution in [0.3, 0.4) is 0 Å². The Morgan fingerprint density at radius 2 is 2.43 bits per heavy atom. The lowest BCUT2D eigenvalue weighted by Gasteiger charge is -2.46. The molecule has 2 aromatic heterocycles. The third kappa shape index (κ3) is 1.43. The summed E-state index contributed by atoms with van der Waals surface area (Å²) in [6.07, 6.45) is 6.93. The zero-order chi connectivity index (χ0) is 14.0. The van der Waals surface area contributed by atoms with Gasteiger partial charge in [0.1, 0.15) is 12.0 Å². The lowest BCUT2D eigenvalue weighted by Crippen LogP contribution is -2.52. The first-order valence-electron chi connectivity index (χ1n) is 7.39. The molecule has 0 spiro atoms. The minimum Gasteiger partial charge on any atom is -0.364 e. The van der Waals surface area contributed by atoms with E-state index in [-0.39, 0.29) is 17.2 Å². The fraction of sp³-hybridized carbons (Fsp3) is 0.533. The molecule has 6 heteroatoms. The summed E-state index contributed by atoms with van der Waals surface area (Å²) in [5.41, 5.74) is 2.00. The predicted molar refractivity (Wildman–Crippen MR) is 75.4 cm³/mol. The van der Waals surface area contributed by atoms with Crippen LogP contribution in [0.4, 0.5) is 0 Å². The molecule has 2 bridgehead atoms. The molecule has 3 atom stereocenters. The van der Waals surface area contributed by atoms with E-state index in [2.05, 4.69) is 10.1 Å². The van der Waals surface area contributed by atoms with Crippen LogP contribution in [0.25, 0.3) is 0 Å². The van der Waals surface area contributed by atoms with Crippen LogP contribution in [0.1, 0.15) is 35.5 Å². The van der Waals surface area contributed by atoms with Crippen molar-refractivity contribution in [2.45, 2.75) is 37.8 Å². The molecule has 3 fully saturated rings. The summed E-state index contributed by atoms with van der Waals surface area (Å²) < 4.78 is 4.95. The van der Waals surface area contributed by atoms with Gasteiger partial charge in [-0.3, -0.25) is 4.79 Å². The first-order chi connectivity index (χ1) is 10.3. The van der Waals surface area contributed by atoms with Crippen molar-refractivity contribution in [3.63, 3.8) is 0 Å². The highest BCUT2D eigenvalue weighted by atomic mass is 32.1. The van der Waals surface area contributed by atoms with E-state index in [0.717, 1.165) is 35.5 Å². The van der Waals surface area contributed by atoms with Crippen molar-refractivity contribution < 1.29 is 9.32 Å². The maximum absolute atomic E-state index is 13.0. The van der Waals surface area contributed by atoms with Crippen molar-refractivity contribution in [2.75, 3.05) is 0 Å². The van der Waals surface area contributed by atoms with Gasteiger partial charge in [-0.05, 0) is 25.2 Å². The average molecular weight is 301 g/mol. The zero-order valence-electron chi connectivity index (χ0n) is 11.5. The second-order valence-corrected chi connectivity index (χ2v) is 7.35. The van der Waals surface area contributed by atoms with Crippen LogP contribution in [0, 0.1) is 11.8 Å². The number of aromatic nitrogens is 2. The van der Waals surface area contributed by atoms with Crippen molar-refractivity contribution in [3.8, 4) is 0 Å². The minimum absolute atomic E-state index is 0.0281. The van der Waals surface area contributed by atoms with Crippen molar-refractivity contribution in [3.05, 3.63) is 34.1 Å². The fourth-order valence-corrected chi connectivity index (χ4v) is 5.46. The molecule has 1 aliphatic heterocycles. The Hall–Kier alpha value is -1.69. The third-order valence-corrected chi connectivity index (χ3v) is 6.51. The number of carbonyl (C=O) groups is 1. The van der Waals surface area contributed by atoms with Gasteiger partial charge in [0.15, 0.2) is 0 Å². The standard InChI is InChI=1S/C15H15N3O2S/c19-13(18-6-10-8-20-17-11(10)7-18)12-9-1-2-15(12,5-9)14-16-3-4-21-14/h3-4,8-9,12H,1-2,5-7H2. The van der Waals surface area contributed by atoms with E-state index in [4.69, 9.17) is 4.52 Å². The summed E-state index contributed by atoms with van der Waals surface area (Å²) in [6, 6.07) is 0. The van der Waals surface area contributed by atoms with Crippen molar-refractivity contribution in [1.29, 1.82) is 0 Å². The summed E-state index contributed by atoms with van der Waals surface area (Å²) in [5, 5.41) is 7.16. The molecule has 0 saturated heterocycles. The summed E-state index contributed by atoms with van der Waals surface area (Å²) in [6.45, 7) is 1.25. The molecule has 0 aromatic carbocycles. The predicted octanol–water partition coefficient (Wildman–Crippen LogP) is 2.34. The number of amides is 1. The first kappa shape index (κ1) is 11.9. The molecule has 0 radical (unpaired) electrons. The lowest BCUT2D eigenvalue weighted by molar-refractivity contribution is -0.144. The monoisotopic (exact) mass is 301 g/mol. The van der Waals surface area contributed by atoms with Gasteiger partial charge in [-0.1, -0.05) is 5.16 Å². The van der Waals surface area contributed by atoms with Crippen LogP contribution >= 0.6 is 11.3 Å². The first-order valence-corrected chi connectivity index (χ1v) is 8.27. The molecule has 5 nitrogen and oxygen atoms in total. The van der Waals surface area contributed by atoms with Gasteiger partial charge in [-0.2, -0.15) is 0 Å². The van der Waals surface area contributed by atoms with Crippen LogP contribution in [0.2, 0.25) is 0 Å². The van der Waals surface area contributed by atoms with Crippen molar-refractivity contribution in [1.82, 2.24) is 15.0 Å². The molecule has 108 valence electrons. The number of hydrogen-bond acceptors (Lipinski definition) is 5. The largest absolute Gasteiger partial charge is 0.364 e. The van der Waals surface area contributed by atoms with E-state index in [1.54, 1.807) is 17.6 Å². The van der Waals surface area contributed by atoms with Gasteiger partial charge in [0.25, 0.3) is 0 Å². The Kier molecular flexibility index (Phi) is 2.24. The van der Waals surface area contributed by atoms with Gasteiger partial charge in [0.2, 0.25) is 5.91 Å². The van der Waals surface area contributed by atoms with Gasteiger partial charge in [-0.15, -0.1) is 11.3 Å². The van der Waals surface area contributed by atoms with Gasteiger partial charge in [0.05, 0.1) is 24.0 Å². The molecule has 4 aliphatic rings. The molecule has 3 saturated carbocycles. The summed E-state index contributed by atoms with van der Waals surface area (Å²) >= 11 is 1.70. The highest BCUT2D eigenvalue weighted by molar-refractivity contribution is 7.09. The summed E-state index contributed by atoms with van der Waals surface area (Å²) in [7, 11) is 0. The van der Waals surface area contributed by atoms with Crippen LogP contribution in [-0.4, -0.2) is 20.9 Å². The SMILES string of the molecule is O=C(C1C2CCC1(c1nccs1)C2)N1Cc2conc2C1. The van der Waals surface area contributed by atoms with E-state index >= 15 is 0 Å². The topological polar surface area (TPSA) is 59.2 Å². The Labute approximate surface area is 126 Å². The van der Waals surface area contributed by atoms with E-state index < -0.39 is 0 Å². The van der Waals surface area contributed by atoms with Gasteiger partial charge in [0, 0.05) is 22.6 Å². The summed E-state index contributed by atoms with van der Waals surface area (Å²) in [5.74, 6) is 0.968. The van der Waals surface area contributed by atoms with E-state index in [9.17, 15) is 4.79 Å². The Morgan fingerprint density at radius 1 is 1.48 bits per heavy atom. The normalized spacial score (nSPS) is 33.0. The molecule has 0 N–H and O–H groups in total. The maximum Gasteiger partial charge on any atom is 0.227 e. The average Bonchev–Trinajstić information content (AvgIpc) is 3.22. The Balaban J connectivity index is 1.43. The van der Waals surface area contributed by atoms with Gasteiger partial charge >= 0.3 is 0 Å². The fourth-order valence-electron chi connectivity index (χ4n) is 4.54. The lowest BCUT2D eigenvalue weighted by atomic mass is 9.60. The minimum atomic E-state index is 0.0281. The Bertz CT molecular complexity index is 686. The highest BCUT2D eigenvalue weighted by Gasteiger charge is 2.64. The molecule has 21 heavy (non-hydrogen) atoms. The quantitative estimate of drug-likeness (QED) is 0.854. The van der Waals surface area contributed by atoms with Crippen LogP contribution in [-0.2, 0) is 23.3 Å². The molecular formula is C15H15N3O2S. The van der Waals surface area contributed by atoms with Crippen LogP contribution in [0.15, 0.2) is 22.4 Å². The van der Waals surface area contributed by atoms with Gasteiger partial charge < -0.3 is 9.42 Å². The van der Waals surface area contributed by atoms with Crippen LogP contribution in [0.5, 0.6) is 0 Å². The number of rotatable bonds is 2. The second-order valence-electron chi connectivity index (χ2n) is 6.45.